The van der Waals surface area contributed by atoms with Crippen LogP contribution in [0, 0.1) is 6.92 Å². The molecular weight excluding hydrogens is 437 g/mol. The molecule has 1 aliphatic rings. The van der Waals surface area contributed by atoms with Crippen molar-refractivity contribution in [3.63, 3.8) is 0 Å². The molecule has 0 bridgehead atoms. The summed E-state index contributed by atoms with van der Waals surface area (Å²) in [4.78, 5) is 9.71. The number of hydrogen-bond acceptors (Lipinski definition) is 3. The molecule has 26 heavy (non-hydrogen) atoms. The number of benzene rings is 1. The predicted octanol–water partition coefficient (Wildman–Crippen LogP) is 3.09. The molecule has 0 spiro atoms. The Labute approximate surface area is 176 Å². The van der Waals surface area contributed by atoms with Gasteiger partial charge in [0.2, 0.25) is 0 Å². The molecule has 0 radical (unpaired) electrons. The number of aryl methyl sites for hydroxylation is 1. The first-order chi connectivity index (χ1) is 12.2. The smallest absolute Gasteiger partial charge is 0.191 e. The van der Waals surface area contributed by atoms with Crippen molar-refractivity contribution < 1.29 is 0 Å². The first-order valence-corrected chi connectivity index (χ1v) is 9.79. The van der Waals surface area contributed by atoms with Crippen LogP contribution in [0.4, 0.5) is 5.69 Å². The molecule has 1 aliphatic heterocycles. The van der Waals surface area contributed by atoms with Gasteiger partial charge in [0.25, 0.3) is 0 Å². The summed E-state index contributed by atoms with van der Waals surface area (Å²) >= 11 is 0. The summed E-state index contributed by atoms with van der Waals surface area (Å²) in [6, 6.07) is 8.85. The first-order valence-electron chi connectivity index (χ1n) is 9.79. The normalized spacial score (nSPS) is 14.5. The Morgan fingerprint density at radius 2 is 1.73 bits per heavy atom. The highest BCUT2D eigenvalue weighted by Gasteiger charge is 2.16. The van der Waals surface area contributed by atoms with Crippen LogP contribution < -0.4 is 15.5 Å². The molecule has 0 atom stereocenters. The van der Waals surface area contributed by atoms with E-state index < -0.39 is 0 Å². The van der Waals surface area contributed by atoms with Crippen molar-refractivity contribution in [1.29, 1.82) is 0 Å². The van der Waals surface area contributed by atoms with Crippen molar-refractivity contribution in [3.05, 3.63) is 29.8 Å². The molecule has 0 aromatic heterocycles. The summed E-state index contributed by atoms with van der Waals surface area (Å²) in [5.41, 5.74) is 2.71. The van der Waals surface area contributed by atoms with Crippen LogP contribution in [0.5, 0.6) is 0 Å². The van der Waals surface area contributed by atoms with Crippen LogP contribution >= 0.6 is 24.0 Å². The van der Waals surface area contributed by atoms with Gasteiger partial charge < -0.3 is 15.5 Å². The minimum Gasteiger partial charge on any atom is -0.369 e. The van der Waals surface area contributed by atoms with Gasteiger partial charge in [-0.05, 0) is 57.9 Å². The summed E-state index contributed by atoms with van der Waals surface area (Å²) < 4.78 is 0. The molecular formula is C20H36IN5. The van der Waals surface area contributed by atoms with Gasteiger partial charge in [0.1, 0.15) is 0 Å². The number of hydrogen-bond donors (Lipinski definition) is 2. The lowest BCUT2D eigenvalue weighted by molar-refractivity contribution is 0.253. The van der Waals surface area contributed by atoms with Crippen LogP contribution in [-0.4, -0.2) is 63.2 Å². The molecule has 1 saturated heterocycles. The first kappa shape index (κ1) is 23.0. The second kappa shape index (κ2) is 13.2. The average Bonchev–Trinajstić information content (AvgIpc) is 2.62. The molecule has 0 unspecified atom stereocenters. The average molecular weight is 473 g/mol. The number of anilines is 1. The lowest BCUT2D eigenvalue weighted by atomic mass is 10.2. The molecule has 1 heterocycles. The van der Waals surface area contributed by atoms with Gasteiger partial charge in [0.05, 0.1) is 0 Å². The number of nitrogens with one attached hydrogen (secondary N) is 2. The third-order valence-electron chi connectivity index (χ3n) is 4.58. The van der Waals surface area contributed by atoms with Crippen LogP contribution in [0.3, 0.4) is 0 Å². The number of piperazine rings is 1. The molecule has 1 aromatic carbocycles. The van der Waals surface area contributed by atoms with Crippen LogP contribution in [-0.2, 0) is 0 Å². The van der Waals surface area contributed by atoms with E-state index in [1.54, 1.807) is 0 Å². The van der Waals surface area contributed by atoms with Gasteiger partial charge in [-0.1, -0.05) is 12.1 Å². The number of guanidine groups is 1. The van der Waals surface area contributed by atoms with Crippen molar-refractivity contribution >= 4 is 35.6 Å². The largest absolute Gasteiger partial charge is 0.369 e. The number of halogens is 1. The van der Waals surface area contributed by atoms with E-state index in [0.29, 0.717) is 0 Å². The Balaban J connectivity index is 0.00000338. The molecule has 0 amide bonds. The molecule has 1 fully saturated rings. The van der Waals surface area contributed by atoms with Gasteiger partial charge in [-0.15, -0.1) is 24.0 Å². The van der Waals surface area contributed by atoms with E-state index in [1.165, 1.54) is 24.2 Å². The van der Waals surface area contributed by atoms with Gasteiger partial charge in [-0.25, -0.2) is 0 Å². The SMILES string of the molecule is CCNC(=NCCCCN1CCN(c2cccc(C)c2)CC1)NCC.I. The molecule has 2 N–H and O–H groups in total. The third-order valence-corrected chi connectivity index (χ3v) is 4.58. The second-order valence-corrected chi connectivity index (χ2v) is 6.67. The van der Waals surface area contributed by atoms with E-state index in [0.717, 1.165) is 58.2 Å². The minimum absolute atomic E-state index is 0. The Morgan fingerprint density at radius 3 is 2.35 bits per heavy atom. The Kier molecular flexibility index (Phi) is 11.7. The number of rotatable bonds is 8. The molecule has 2 rings (SSSR count). The Bertz CT molecular complexity index is 519. The molecule has 6 heteroatoms. The van der Waals surface area contributed by atoms with E-state index in [2.05, 4.69) is 70.5 Å². The standard InChI is InChI=1S/C20H35N5.HI/c1-4-21-20(22-5-2)23-11-6-7-12-24-13-15-25(16-14-24)19-10-8-9-18(3)17-19;/h8-10,17H,4-7,11-16H2,1-3H3,(H2,21,22,23);1H. The van der Waals surface area contributed by atoms with Crippen LogP contribution in [0.25, 0.3) is 0 Å². The zero-order chi connectivity index (χ0) is 17.9. The number of unbranched alkanes of at least 4 members (excludes halogenated alkanes) is 1. The van der Waals surface area contributed by atoms with Crippen LogP contribution in [0.15, 0.2) is 29.3 Å². The van der Waals surface area contributed by atoms with Gasteiger partial charge in [0, 0.05) is 51.5 Å². The van der Waals surface area contributed by atoms with E-state index in [-0.39, 0.29) is 24.0 Å². The highest BCUT2D eigenvalue weighted by molar-refractivity contribution is 14.0. The fourth-order valence-corrected chi connectivity index (χ4v) is 3.20. The molecule has 0 saturated carbocycles. The summed E-state index contributed by atoms with van der Waals surface area (Å²) in [5, 5.41) is 6.54. The lowest BCUT2D eigenvalue weighted by Gasteiger charge is -2.36. The summed E-state index contributed by atoms with van der Waals surface area (Å²) in [5.74, 6) is 0.941. The summed E-state index contributed by atoms with van der Waals surface area (Å²) in [7, 11) is 0. The zero-order valence-corrected chi connectivity index (χ0v) is 19.0. The van der Waals surface area contributed by atoms with Gasteiger partial charge in [-0.2, -0.15) is 0 Å². The van der Waals surface area contributed by atoms with Crippen molar-refractivity contribution in [1.82, 2.24) is 15.5 Å². The van der Waals surface area contributed by atoms with Crippen molar-refractivity contribution in [3.8, 4) is 0 Å². The summed E-state index contributed by atoms with van der Waals surface area (Å²) in [6.07, 6.45) is 2.37. The van der Waals surface area contributed by atoms with E-state index in [4.69, 9.17) is 0 Å². The highest BCUT2D eigenvalue weighted by Crippen LogP contribution is 2.17. The maximum absolute atomic E-state index is 4.61. The fourth-order valence-electron chi connectivity index (χ4n) is 3.20. The van der Waals surface area contributed by atoms with Crippen molar-refractivity contribution in [2.24, 2.45) is 4.99 Å². The third kappa shape index (κ3) is 8.12. The van der Waals surface area contributed by atoms with E-state index in [9.17, 15) is 0 Å². The molecule has 1 aromatic rings. The van der Waals surface area contributed by atoms with Crippen LogP contribution in [0.2, 0.25) is 0 Å². The Hall–Kier alpha value is -1.02. The quantitative estimate of drug-likeness (QED) is 0.264. The fraction of sp³-hybridized carbons (Fsp3) is 0.650. The Morgan fingerprint density at radius 1 is 1.04 bits per heavy atom. The van der Waals surface area contributed by atoms with Crippen molar-refractivity contribution in [2.45, 2.75) is 33.6 Å². The zero-order valence-electron chi connectivity index (χ0n) is 16.6. The minimum atomic E-state index is 0. The van der Waals surface area contributed by atoms with Gasteiger partial charge in [-0.3, -0.25) is 9.89 Å². The highest BCUT2D eigenvalue weighted by atomic mass is 127. The number of aliphatic imine (C=N–C) groups is 1. The van der Waals surface area contributed by atoms with Crippen LogP contribution in [0.1, 0.15) is 32.3 Å². The van der Waals surface area contributed by atoms with E-state index >= 15 is 0 Å². The monoisotopic (exact) mass is 473 g/mol. The maximum atomic E-state index is 4.61. The topological polar surface area (TPSA) is 42.9 Å². The van der Waals surface area contributed by atoms with E-state index in [1.807, 2.05) is 0 Å². The molecule has 5 nitrogen and oxygen atoms in total. The second-order valence-electron chi connectivity index (χ2n) is 6.67. The van der Waals surface area contributed by atoms with Gasteiger partial charge >= 0.3 is 0 Å². The molecule has 148 valence electrons. The predicted molar refractivity (Wildman–Crippen MR) is 124 cm³/mol. The maximum Gasteiger partial charge on any atom is 0.191 e. The lowest BCUT2D eigenvalue weighted by Crippen LogP contribution is -2.46. The van der Waals surface area contributed by atoms with Gasteiger partial charge in [0.15, 0.2) is 5.96 Å². The summed E-state index contributed by atoms with van der Waals surface area (Å²) in [6.45, 7) is 14.9. The molecule has 0 aliphatic carbocycles. The number of nitrogens with zero attached hydrogens (tertiary/aromatic N) is 3. The van der Waals surface area contributed by atoms with Crippen molar-refractivity contribution in [2.75, 3.05) is 57.3 Å².